The van der Waals surface area contributed by atoms with Crippen LogP contribution in [0.4, 0.5) is 0 Å². The zero-order chi connectivity index (χ0) is 15.1. The van der Waals surface area contributed by atoms with Crippen LogP contribution >= 0.6 is 0 Å². The summed E-state index contributed by atoms with van der Waals surface area (Å²) in [5.41, 5.74) is 0.666. The molecule has 0 aliphatic rings. The van der Waals surface area contributed by atoms with Gasteiger partial charge in [-0.3, -0.25) is 4.79 Å². The summed E-state index contributed by atoms with van der Waals surface area (Å²) in [6.45, 7) is 4.60. The van der Waals surface area contributed by atoms with Crippen LogP contribution in [0.5, 0.6) is 11.5 Å². The lowest BCUT2D eigenvalue weighted by Gasteiger charge is -2.12. The standard InChI is InChI=1S/C15H18O5/c1-10(2)9-20-14-8-11(5-7-13(14)19-3)4-6-12(16)15(17)18/h4-8,10H,9H2,1-3H3,(H,17,18)/b6-4+. The lowest BCUT2D eigenvalue weighted by Crippen LogP contribution is -2.08. The average molecular weight is 278 g/mol. The summed E-state index contributed by atoms with van der Waals surface area (Å²) in [5, 5.41) is 8.50. The molecule has 0 atom stereocenters. The number of ether oxygens (including phenoxy) is 2. The summed E-state index contributed by atoms with van der Waals surface area (Å²) < 4.78 is 10.8. The molecule has 0 unspecified atom stereocenters. The number of aliphatic carboxylic acids is 1. The number of rotatable bonds is 7. The van der Waals surface area contributed by atoms with Crippen molar-refractivity contribution in [2.75, 3.05) is 13.7 Å². The first-order valence-corrected chi connectivity index (χ1v) is 6.20. The number of hydrogen-bond donors (Lipinski definition) is 1. The van der Waals surface area contributed by atoms with Crippen molar-refractivity contribution in [2.45, 2.75) is 13.8 Å². The highest BCUT2D eigenvalue weighted by Gasteiger charge is 2.08. The number of hydrogen-bond acceptors (Lipinski definition) is 4. The molecule has 0 spiro atoms. The molecule has 1 rings (SSSR count). The van der Waals surface area contributed by atoms with Crippen molar-refractivity contribution in [3.8, 4) is 11.5 Å². The van der Waals surface area contributed by atoms with E-state index in [-0.39, 0.29) is 0 Å². The summed E-state index contributed by atoms with van der Waals surface area (Å²) >= 11 is 0. The fourth-order valence-corrected chi connectivity index (χ4v) is 1.41. The maximum Gasteiger partial charge on any atom is 0.376 e. The van der Waals surface area contributed by atoms with E-state index in [9.17, 15) is 9.59 Å². The molecule has 1 N–H and O–H groups in total. The monoisotopic (exact) mass is 278 g/mol. The third-order valence-corrected chi connectivity index (χ3v) is 2.40. The van der Waals surface area contributed by atoms with E-state index in [1.54, 1.807) is 25.3 Å². The number of carbonyl (C=O) groups is 2. The highest BCUT2D eigenvalue weighted by atomic mass is 16.5. The molecule has 1 aromatic rings. The molecule has 0 radical (unpaired) electrons. The Morgan fingerprint density at radius 2 is 2.00 bits per heavy atom. The molecular formula is C15H18O5. The number of carboxylic acids is 1. The van der Waals surface area contributed by atoms with Gasteiger partial charge in [0.2, 0.25) is 0 Å². The van der Waals surface area contributed by atoms with Crippen molar-refractivity contribution in [3.05, 3.63) is 29.8 Å². The second-order valence-electron chi connectivity index (χ2n) is 4.62. The van der Waals surface area contributed by atoms with Gasteiger partial charge in [0.15, 0.2) is 11.5 Å². The van der Waals surface area contributed by atoms with E-state index in [1.165, 1.54) is 6.08 Å². The Kier molecular flexibility index (Phi) is 5.77. The third kappa shape index (κ3) is 4.76. The molecular weight excluding hydrogens is 260 g/mol. The molecule has 0 aromatic heterocycles. The second kappa shape index (κ2) is 7.33. The Morgan fingerprint density at radius 1 is 1.30 bits per heavy atom. The SMILES string of the molecule is COc1ccc(/C=C/C(=O)C(=O)O)cc1OCC(C)C. The summed E-state index contributed by atoms with van der Waals surface area (Å²) in [5.74, 6) is -0.928. The normalized spacial score (nSPS) is 10.8. The Labute approximate surface area is 117 Å². The van der Waals surface area contributed by atoms with Gasteiger partial charge in [-0.15, -0.1) is 0 Å². The fraction of sp³-hybridized carbons (Fsp3) is 0.333. The molecule has 108 valence electrons. The minimum atomic E-state index is -1.48. The van der Waals surface area contributed by atoms with Gasteiger partial charge in [-0.05, 0) is 29.7 Å². The van der Waals surface area contributed by atoms with Crippen LogP contribution in [-0.2, 0) is 9.59 Å². The first-order chi connectivity index (χ1) is 9.43. The van der Waals surface area contributed by atoms with Crippen LogP contribution in [0.25, 0.3) is 6.08 Å². The summed E-state index contributed by atoms with van der Waals surface area (Å²) in [6, 6.07) is 5.13. The average Bonchev–Trinajstić information content (AvgIpc) is 2.42. The number of ketones is 1. The van der Waals surface area contributed by atoms with E-state index in [1.807, 2.05) is 13.8 Å². The van der Waals surface area contributed by atoms with Crippen LogP contribution in [0.1, 0.15) is 19.4 Å². The van der Waals surface area contributed by atoms with Gasteiger partial charge in [-0.1, -0.05) is 26.0 Å². The van der Waals surface area contributed by atoms with Gasteiger partial charge in [0.25, 0.3) is 5.78 Å². The molecule has 0 heterocycles. The van der Waals surface area contributed by atoms with Crippen LogP contribution in [0, 0.1) is 5.92 Å². The van der Waals surface area contributed by atoms with Crippen molar-refractivity contribution in [1.29, 1.82) is 0 Å². The maximum atomic E-state index is 11.0. The quantitative estimate of drug-likeness (QED) is 0.612. The van der Waals surface area contributed by atoms with E-state index in [0.29, 0.717) is 29.6 Å². The first kappa shape index (κ1) is 15.8. The Morgan fingerprint density at radius 3 is 2.55 bits per heavy atom. The highest BCUT2D eigenvalue weighted by molar-refractivity contribution is 6.38. The minimum absolute atomic E-state index is 0.368. The number of carbonyl (C=O) groups excluding carboxylic acids is 1. The molecule has 0 aliphatic heterocycles. The second-order valence-corrected chi connectivity index (χ2v) is 4.62. The largest absolute Gasteiger partial charge is 0.493 e. The van der Waals surface area contributed by atoms with Crippen molar-refractivity contribution in [2.24, 2.45) is 5.92 Å². The van der Waals surface area contributed by atoms with E-state index in [4.69, 9.17) is 14.6 Å². The molecule has 1 aromatic carbocycles. The smallest absolute Gasteiger partial charge is 0.376 e. The lowest BCUT2D eigenvalue weighted by atomic mass is 10.1. The molecule has 0 amide bonds. The van der Waals surface area contributed by atoms with Crippen LogP contribution in [-0.4, -0.2) is 30.6 Å². The summed E-state index contributed by atoms with van der Waals surface area (Å²) in [4.78, 5) is 21.4. The molecule has 0 saturated carbocycles. The molecule has 0 aliphatic carbocycles. The zero-order valence-electron chi connectivity index (χ0n) is 11.8. The Balaban J connectivity index is 2.91. The summed E-state index contributed by atoms with van der Waals surface area (Å²) in [7, 11) is 1.54. The lowest BCUT2D eigenvalue weighted by molar-refractivity contribution is -0.146. The fourth-order valence-electron chi connectivity index (χ4n) is 1.41. The van der Waals surface area contributed by atoms with Crippen LogP contribution in [0.2, 0.25) is 0 Å². The molecule has 20 heavy (non-hydrogen) atoms. The number of benzene rings is 1. The van der Waals surface area contributed by atoms with E-state index >= 15 is 0 Å². The first-order valence-electron chi connectivity index (χ1n) is 6.20. The molecule has 0 saturated heterocycles. The van der Waals surface area contributed by atoms with Crippen molar-refractivity contribution < 1.29 is 24.2 Å². The molecule has 0 fully saturated rings. The van der Waals surface area contributed by atoms with Crippen molar-refractivity contribution in [1.82, 2.24) is 0 Å². The maximum absolute atomic E-state index is 11.0. The predicted molar refractivity (Wildman–Crippen MR) is 75.0 cm³/mol. The van der Waals surface area contributed by atoms with Gasteiger partial charge in [-0.2, -0.15) is 0 Å². The van der Waals surface area contributed by atoms with Gasteiger partial charge in [0.1, 0.15) is 0 Å². The molecule has 5 nitrogen and oxygen atoms in total. The van der Waals surface area contributed by atoms with Gasteiger partial charge in [0.05, 0.1) is 13.7 Å². The van der Waals surface area contributed by atoms with Gasteiger partial charge < -0.3 is 14.6 Å². The number of carboxylic acid groups (broad SMARTS) is 1. The van der Waals surface area contributed by atoms with Crippen LogP contribution in [0.15, 0.2) is 24.3 Å². The Hall–Kier alpha value is -2.30. The third-order valence-electron chi connectivity index (χ3n) is 2.40. The molecule has 0 bridgehead atoms. The van der Waals surface area contributed by atoms with E-state index < -0.39 is 11.8 Å². The van der Waals surface area contributed by atoms with Gasteiger partial charge in [-0.25, -0.2) is 4.79 Å². The highest BCUT2D eigenvalue weighted by Crippen LogP contribution is 2.28. The van der Waals surface area contributed by atoms with Gasteiger partial charge >= 0.3 is 5.97 Å². The van der Waals surface area contributed by atoms with Crippen LogP contribution < -0.4 is 9.47 Å². The minimum Gasteiger partial charge on any atom is -0.493 e. The van der Waals surface area contributed by atoms with Crippen LogP contribution in [0.3, 0.4) is 0 Å². The van der Waals surface area contributed by atoms with Gasteiger partial charge in [0, 0.05) is 0 Å². The van der Waals surface area contributed by atoms with Crippen molar-refractivity contribution in [3.63, 3.8) is 0 Å². The van der Waals surface area contributed by atoms with E-state index in [2.05, 4.69) is 0 Å². The Bertz CT molecular complexity index is 517. The van der Waals surface area contributed by atoms with E-state index in [0.717, 1.165) is 6.08 Å². The topological polar surface area (TPSA) is 72.8 Å². The zero-order valence-corrected chi connectivity index (χ0v) is 11.8. The predicted octanol–water partition coefficient (Wildman–Crippen LogP) is 2.40. The molecule has 5 heteroatoms. The van der Waals surface area contributed by atoms with Crippen molar-refractivity contribution >= 4 is 17.8 Å². The summed E-state index contributed by atoms with van der Waals surface area (Å²) in [6.07, 6.45) is 2.44. The number of methoxy groups -OCH3 is 1.